The molecule has 0 saturated carbocycles. The molecule has 4 rings (SSSR count). The summed E-state index contributed by atoms with van der Waals surface area (Å²) in [5.41, 5.74) is 3.72. The van der Waals surface area contributed by atoms with Crippen molar-refractivity contribution in [3.05, 3.63) is 53.1 Å². The lowest BCUT2D eigenvalue weighted by atomic mass is 10.00. The van der Waals surface area contributed by atoms with Crippen molar-refractivity contribution >= 4 is 6.09 Å². The Hall–Kier alpha value is -3.86. The average Bonchev–Trinajstić information content (AvgIpc) is 3.18. The number of benzene rings is 2. The molecule has 0 N–H and O–H groups in total. The summed E-state index contributed by atoms with van der Waals surface area (Å²) in [7, 11) is 1.52. The number of aromatic nitrogens is 2. The molecule has 170 valence electrons. The van der Waals surface area contributed by atoms with Crippen molar-refractivity contribution in [3.63, 3.8) is 0 Å². The predicted octanol–water partition coefficient (Wildman–Crippen LogP) is 4.62. The number of carbonyl (C=O) groups excluding carboxylic acids is 1. The third-order valence-corrected chi connectivity index (χ3v) is 5.41. The summed E-state index contributed by atoms with van der Waals surface area (Å²) in [5, 5.41) is 13.5. The molecule has 0 bridgehead atoms. The Labute approximate surface area is 192 Å². The van der Waals surface area contributed by atoms with E-state index in [1.165, 1.54) is 12.7 Å². The van der Waals surface area contributed by atoms with Gasteiger partial charge in [0.05, 0.1) is 12.7 Å². The van der Waals surface area contributed by atoms with Crippen molar-refractivity contribution in [3.8, 4) is 34.7 Å². The van der Waals surface area contributed by atoms with Crippen LogP contribution < -0.4 is 4.74 Å². The lowest BCUT2D eigenvalue weighted by Gasteiger charge is -2.26. The first kappa shape index (κ1) is 22.3. The number of ether oxygens (including phenoxy) is 2. The molecule has 1 amide bonds. The molecule has 0 atom stereocenters. The van der Waals surface area contributed by atoms with Gasteiger partial charge in [0.2, 0.25) is 5.82 Å². The van der Waals surface area contributed by atoms with Crippen molar-refractivity contribution in [2.24, 2.45) is 0 Å². The Balaban J connectivity index is 1.53. The van der Waals surface area contributed by atoms with E-state index >= 15 is 0 Å². The molecule has 0 unspecified atom stereocenters. The normalized spacial score (nSPS) is 13.6. The highest BCUT2D eigenvalue weighted by molar-refractivity contribution is 5.68. The average molecular weight is 447 g/mol. The quantitative estimate of drug-likeness (QED) is 0.578. The van der Waals surface area contributed by atoms with E-state index in [0.717, 1.165) is 24.0 Å². The van der Waals surface area contributed by atoms with Gasteiger partial charge in [-0.15, -0.1) is 0 Å². The predicted molar refractivity (Wildman–Crippen MR) is 122 cm³/mol. The van der Waals surface area contributed by atoms with Crippen LogP contribution in [-0.2, 0) is 17.6 Å². The van der Waals surface area contributed by atoms with E-state index in [4.69, 9.17) is 14.0 Å². The third-order valence-electron chi connectivity index (χ3n) is 5.41. The van der Waals surface area contributed by atoms with Gasteiger partial charge in [-0.05, 0) is 69.0 Å². The minimum Gasteiger partial charge on any atom is -0.495 e. The Morgan fingerprint density at radius 3 is 2.52 bits per heavy atom. The number of carbonyl (C=O) groups is 1. The Bertz CT molecular complexity index is 1220. The molecule has 1 aliphatic rings. The summed E-state index contributed by atoms with van der Waals surface area (Å²) in [5.74, 6) is 1.29. The number of nitriles is 1. The van der Waals surface area contributed by atoms with Gasteiger partial charge in [-0.3, -0.25) is 0 Å². The molecular weight excluding hydrogens is 420 g/mol. The van der Waals surface area contributed by atoms with E-state index in [0.29, 0.717) is 41.7 Å². The molecule has 3 aromatic rings. The van der Waals surface area contributed by atoms with Crippen LogP contribution in [0.25, 0.3) is 22.8 Å². The van der Waals surface area contributed by atoms with Gasteiger partial charge < -0.3 is 18.9 Å². The van der Waals surface area contributed by atoms with Gasteiger partial charge in [-0.1, -0.05) is 17.3 Å². The van der Waals surface area contributed by atoms with Gasteiger partial charge >= 0.3 is 6.09 Å². The molecular formula is C25H26N4O4. The number of amides is 1. The largest absolute Gasteiger partial charge is 0.495 e. The zero-order valence-corrected chi connectivity index (χ0v) is 19.2. The number of rotatable bonds is 3. The summed E-state index contributed by atoms with van der Waals surface area (Å²) in [6, 6.07) is 13.3. The highest BCUT2D eigenvalue weighted by atomic mass is 16.6. The summed E-state index contributed by atoms with van der Waals surface area (Å²) in [6.45, 7) is 6.82. The molecule has 0 radical (unpaired) electrons. The maximum atomic E-state index is 12.5. The van der Waals surface area contributed by atoms with Crippen molar-refractivity contribution in [2.45, 2.75) is 39.2 Å². The number of fused-ring (bicyclic) bond motifs is 1. The topological polar surface area (TPSA) is 101 Å². The van der Waals surface area contributed by atoms with E-state index in [2.05, 4.69) is 28.3 Å². The van der Waals surface area contributed by atoms with Crippen molar-refractivity contribution in [2.75, 3.05) is 20.2 Å². The molecule has 0 spiro atoms. The van der Waals surface area contributed by atoms with E-state index < -0.39 is 5.60 Å². The Kier molecular flexibility index (Phi) is 6.05. The van der Waals surface area contributed by atoms with Crippen LogP contribution in [0.3, 0.4) is 0 Å². The lowest BCUT2D eigenvalue weighted by molar-refractivity contribution is 0.0258. The maximum absolute atomic E-state index is 12.5. The fourth-order valence-corrected chi connectivity index (χ4v) is 3.76. The van der Waals surface area contributed by atoms with Gasteiger partial charge in [-0.2, -0.15) is 10.2 Å². The molecule has 8 heteroatoms. The molecule has 33 heavy (non-hydrogen) atoms. The summed E-state index contributed by atoms with van der Waals surface area (Å²) in [6.07, 6.45) is 1.20. The van der Waals surface area contributed by atoms with Crippen molar-refractivity contribution in [1.82, 2.24) is 15.0 Å². The van der Waals surface area contributed by atoms with Crippen molar-refractivity contribution < 1.29 is 18.8 Å². The molecule has 2 aromatic carbocycles. The van der Waals surface area contributed by atoms with Crippen LogP contribution >= 0.6 is 0 Å². The molecule has 8 nitrogen and oxygen atoms in total. The van der Waals surface area contributed by atoms with Gasteiger partial charge in [-0.25, -0.2) is 4.79 Å². The first-order valence-electron chi connectivity index (χ1n) is 10.8. The third kappa shape index (κ3) is 4.98. The van der Waals surface area contributed by atoms with E-state index in [9.17, 15) is 10.1 Å². The minimum absolute atomic E-state index is 0.283. The molecule has 0 fully saturated rings. The Morgan fingerprint density at radius 1 is 1.09 bits per heavy atom. The van der Waals surface area contributed by atoms with Gasteiger partial charge in [0.1, 0.15) is 17.4 Å². The summed E-state index contributed by atoms with van der Waals surface area (Å²) >= 11 is 0. The second kappa shape index (κ2) is 8.94. The number of nitrogens with zero attached hydrogens (tertiary/aromatic N) is 4. The van der Waals surface area contributed by atoms with Gasteiger partial charge in [0, 0.05) is 24.2 Å². The highest BCUT2D eigenvalue weighted by Gasteiger charge is 2.24. The standard InChI is InChI=1S/C25H26N4O4/c1-25(2,3)32-24(30)29-11-9-16-5-6-18(13-17(16)10-12-29)22-27-23(33-28-22)19-7-8-21(31-4)20(14-19)15-26/h5-8,13-14H,9-12H2,1-4H3. The number of methoxy groups -OCH3 is 1. The fraction of sp³-hybridized carbons (Fsp3) is 0.360. The van der Waals surface area contributed by atoms with E-state index in [-0.39, 0.29) is 6.09 Å². The SMILES string of the molecule is COc1ccc(-c2nc(-c3ccc4c(c3)CCN(C(=O)OC(C)(C)C)CC4)no2)cc1C#N. The summed E-state index contributed by atoms with van der Waals surface area (Å²) in [4.78, 5) is 18.8. The van der Waals surface area contributed by atoms with Crippen LogP contribution in [0.5, 0.6) is 5.75 Å². The second-order valence-electron chi connectivity index (χ2n) is 8.90. The number of hydrogen-bond acceptors (Lipinski definition) is 7. The first-order chi connectivity index (χ1) is 15.8. The fourth-order valence-electron chi connectivity index (χ4n) is 3.76. The lowest BCUT2D eigenvalue weighted by Crippen LogP contribution is -2.38. The van der Waals surface area contributed by atoms with Crippen LogP contribution in [0.2, 0.25) is 0 Å². The smallest absolute Gasteiger partial charge is 0.410 e. The number of hydrogen-bond donors (Lipinski definition) is 0. The van der Waals surface area contributed by atoms with E-state index in [1.807, 2.05) is 26.8 Å². The molecule has 0 aliphatic carbocycles. The minimum atomic E-state index is -0.516. The van der Waals surface area contributed by atoms with Crippen molar-refractivity contribution in [1.29, 1.82) is 5.26 Å². The van der Waals surface area contributed by atoms with Gasteiger partial charge in [0.15, 0.2) is 0 Å². The molecule has 1 aliphatic heterocycles. The van der Waals surface area contributed by atoms with E-state index in [1.54, 1.807) is 23.1 Å². The van der Waals surface area contributed by atoms with Gasteiger partial charge in [0.25, 0.3) is 5.89 Å². The maximum Gasteiger partial charge on any atom is 0.410 e. The second-order valence-corrected chi connectivity index (χ2v) is 8.90. The molecule has 1 aromatic heterocycles. The molecule has 0 saturated heterocycles. The first-order valence-corrected chi connectivity index (χ1v) is 10.8. The molecule has 2 heterocycles. The van der Waals surface area contributed by atoms with Crippen LogP contribution in [0.15, 0.2) is 40.9 Å². The monoisotopic (exact) mass is 446 g/mol. The summed E-state index contributed by atoms with van der Waals surface area (Å²) < 4.78 is 16.2. The Morgan fingerprint density at radius 2 is 1.82 bits per heavy atom. The highest BCUT2D eigenvalue weighted by Crippen LogP contribution is 2.28. The van der Waals surface area contributed by atoms with Crippen LogP contribution in [0.1, 0.15) is 37.5 Å². The van der Waals surface area contributed by atoms with Crippen LogP contribution in [-0.4, -0.2) is 46.9 Å². The van der Waals surface area contributed by atoms with Crippen LogP contribution in [0, 0.1) is 11.3 Å². The zero-order valence-electron chi connectivity index (χ0n) is 19.2. The zero-order chi connectivity index (χ0) is 23.6. The van der Waals surface area contributed by atoms with Crippen LogP contribution in [0.4, 0.5) is 4.79 Å².